The maximum absolute atomic E-state index is 13.0. The number of carbonyl (C=O) groups is 1. The fourth-order valence-electron chi connectivity index (χ4n) is 3.31. The van der Waals surface area contributed by atoms with Crippen LogP contribution in [0.25, 0.3) is 21.5 Å². The Morgan fingerprint density at radius 2 is 2.00 bits per heavy atom. The van der Waals surface area contributed by atoms with Crippen molar-refractivity contribution in [3.05, 3.63) is 63.9 Å². The largest absolute Gasteiger partial charge is 0.497 e. The van der Waals surface area contributed by atoms with Gasteiger partial charge in [-0.3, -0.25) is 9.59 Å². The van der Waals surface area contributed by atoms with Gasteiger partial charge in [-0.15, -0.1) is 11.3 Å². The Labute approximate surface area is 188 Å². The molecular weight excluding hydrogens is 428 g/mol. The van der Waals surface area contributed by atoms with Gasteiger partial charge in [0.25, 0.3) is 5.56 Å². The zero-order valence-corrected chi connectivity index (χ0v) is 18.7. The minimum atomic E-state index is -0.413. The van der Waals surface area contributed by atoms with Crippen molar-refractivity contribution < 1.29 is 14.3 Å². The number of aromatic nitrogens is 3. The third-order valence-electron chi connectivity index (χ3n) is 4.70. The van der Waals surface area contributed by atoms with Gasteiger partial charge in [-0.05, 0) is 38.1 Å². The molecule has 1 amide bonds. The van der Waals surface area contributed by atoms with Crippen molar-refractivity contribution in [2.24, 2.45) is 0 Å². The third kappa shape index (κ3) is 4.33. The molecule has 0 unspecified atom stereocenters. The number of methoxy groups -OCH3 is 1. The lowest BCUT2D eigenvalue weighted by molar-refractivity contribution is -0.117. The number of hydrogen-bond donors (Lipinski definition) is 1. The van der Waals surface area contributed by atoms with Crippen molar-refractivity contribution in [2.75, 3.05) is 19.0 Å². The van der Waals surface area contributed by atoms with Crippen LogP contribution in [0.15, 0.2) is 53.3 Å². The van der Waals surface area contributed by atoms with E-state index in [2.05, 4.69) is 15.4 Å². The molecule has 0 aliphatic carbocycles. The molecule has 2 aromatic carbocycles. The highest BCUT2D eigenvalue weighted by atomic mass is 32.1. The van der Waals surface area contributed by atoms with Crippen LogP contribution in [0.4, 0.5) is 5.69 Å². The number of thiazole rings is 1. The van der Waals surface area contributed by atoms with E-state index in [0.29, 0.717) is 39.7 Å². The number of rotatable bonds is 7. The van der Waals surface area contributed by atoms with E-state index < -0.39 is 11.5 Å². The van der Waals surface area contributed by atoms with Crippen LogP contribution in [-0.4, -0.2) is 34.4 Å². The molecule has 4 aromatic rings. The molecule has 9 heteroatoms. The predicted molar refractivity (Wildman–Crippen MR) is 125 cm³/mol. The lowest BCUT2D eigenvalue weighted by atomic mass is 10.1. The van der Waals surface area contributed by atoms with Crippen LogP contribution in [0.2, 0.25) is 0 Å². The monoisotopic (exact) mass is 450 g/mol. The van der Waals surface area contributed by atoms with Gasteiger partial charge in [0.15, 0.2) is 5.52 Å². The second-order valence-electron chi connectivity index (χ2n) is 6.93. The van der Waals surface area contributed by atoms with Crippen molar-refractivity contribution in [3.8, 4) is 22.8 Å². The first-order valence-corrected chi connectivity index (χ1v) is 10.9. The molecule has 0 bridgehead atoms. The Kier molecular flexibility index (Phi) is 6.18. The van der Waals surface area contributed by atoms with Crippen LogP contribution in [0.1, 0.15) is 11.9 Å². The van der Waals surface area contributed by atoms with E-state index in [1.54, 1.807) is 25.3 Å². The summed E-state index contributed by atoms with van der Waals surface area (Å²) in [6, 6.07) is 14.5. The number of fused-ring (bicyclic) bond motifs is 1. The van der Waals surface area contributed by atoms with Gasteiger partial charge in [0.2, 0.25) is 5.91 Å². The van der Waals surface area contributed by atoms with Gasteiger partial charge in [0, 0.05) is 5.56 Å². The Morgan fingerprint density at radius 3 is 2.78 bits per heavy atom. The van der Waals surface area contributed by atoms with E-state index >= 15 is 0 Å². The zero-order valence-electron chi connectivity index (χ0n) is 17.9. The molecule has 8 nitrogen and oxygen atoms in total. The van der Waals surface area contributed by atoms with Crippen LogP contribution < -0.4 is 20.3 Å². The second-order valence-corrected chi connectivity index (χ2v) is 8.13. The molecule has 2 aromatic heterocycles. The molecule has 0 aliphatic heterocycles. The van der Waals surface area contributed by atoms with Crippen LogP contribution in [0.3, 0.4) is 0 Å². The Balaban J connectivity index is 1.72. The molecule has 0 radical (unpaired) electrons. The minimum absolute atomic E-state index is 0.261. The lowest BCUT2D eigenvalue weighted by Crippen LogP contribution is -2.30. The average molecular weight is 451 g/mol. The second kappa shape index (κ2) is 9.19. The number of anilines is 1. The molecule has 0 fully saturated rings. The number of benzene rings is 2. The minimum Gasteiger partial charge on any atom is -0.497 e. The number of nitrogens with one attached hydrogen (secondary N) is 1. The topological polar surface area (TPSA) is 95.3 Å². The highest BCUT2D eigenvalue weighted by Crippen LogP contribution is 2.31. The fourth-order valence-corrected chi connectivity index (χ4v) is 4.23. The summed E-state index contributed by atoms with van der Waals surface area (Å²) in [6.07, 6.45) is 0. The highest BCUT2D eigenvalue weighted by Gasteiger charge is 2.18. The maximum Gasteiger partial charge on any atom is 0.294 e. The number of aryl methyl sites for hydroxylation is 1. The molecule has 2 heterocycles. The Bertz CT molecular complexity index is 1350. The summed E-state index contributed by atoms with van der Waals surface area (Å²) in [6.45, 7) is 3.91. The molecule has 4 rings (SSSR count). The zero-order chi connectivity index (χ0) is 22.7. The highest BCUT2D eigenvalue weighted by molar-refractivity contribution is 7.19. The first-order valence-electron chi connectivity index (χ1n) is 10.0. The molecule has 0 saturated carbocycles. The fraction of sp³-hybridized carbons (Fsp3) is 0.217. The molecule has 0 spiro atoms. The lowest BCUT2D eigenvalue weighted by Gasteiger charge is -2.12. The number of nitrogens with zero attached hydrogens (tertiary/aromatic N) is 3. The van der Waals surface area contributed by atoms with Gasteiger partial charge in [-0.2, -0.15) is 5.10 Å². The van der Waals surface area contributed by atoms with Crippen LogP contribution >= 0.6 is 11.3 Å². The average Bonchev–Trinajstić information content (AvgIpc) is 3.19. The van der Waals surface area contributed by atoms with E-state index in [9.17, 15) is 9.59 Å². The quantitative estimate of drug-likeness (QED) is 0.459. The SMILES string of the molecule is CCOc1ccccc1NC(=O)Cn1nc(-c2cccc(OC)c2)c2sc(C)nc2c1=O. The van der Waals surface area contributed by atoms with E-state index in [1.807, 2.05) is 44.2 Å². The van der Waals surface area contributed by atoms with Gasteiger partial charge in [0.05, 0.1) is 29.1 Å². The summed E-state index contributed by atoms with van der Waals surface area (Å²) in [5.41, 5.74) is 1.76. The number of carbonyl (C=O) groups excluding carboxylic acids is 1. The maximum atomic E-state index is 13.0. The van der Waals surface area contributed by atoms with E-state index in [0.717, 1.165) is 15.3 Å². The summed E-state index contributed by atoms with van der Waals surface area (Å²) in [5, 5.41) is 8.07. The van der Waals surface area contributed by atoms with Crippen molar-refractivity contribution in [3.63, 3.8) is 0 Å². The normalized spacial score (nSPS) is 10.8. The van der Waals surface area contributed by atoms with Gasteiger partial charge in [-0.1, -0.05) is 24.3 Å². The van der Waals surface area contributed by atoms with Gasteiger partial charge in [-0.25, -0.2) is 9.67 Å². The molecule has 0 atom stereocenters. The Morgan fingerprint density at radius 1 is 1.19 bits per heavy atom. The van der Waals surface area contributed by atoms with Gasteiger partial charge < -0.3 is 14.8 Å². The molecule has 1 N–H and O–H groups in total. The van der Waals surface area contributed by atoms with Crippen molar-refractivity contribution in [1.82, 2.24) is 14.8 Å². The Hall–Kier alpha value is -3.72. The van der Waals surface area contributed by atoms with Crippen LogP contribution in [0, 0.1) is 6.92 Å². The summed E-state index contributed by atoms with van der Waals surface area (Å²) >= 11 is 1.39. The smallest absolute Gasteiger partial charge is 0.294 e. The summed E-state index contributed by atoms with van der Waals surface area (Å²) < 4.78 is 12.7. The van der Waals surface area contributed by atoms with Gasteiger partial charge >= 0.3 is 0 Å². The number of hydrogen-bond acceptors (Lipinski definition) is 7. The van der Waals surface area contributed by atoms with E-state index in [-0.39, 0.29) is 6.54 Å². The van der Waals surface area contributed by atoms with Gasteiger partial charge in [0.1, 0.15) is 23.7 Å². The van der Waals surface area contributed by atoms with Crippen molar-refractivity contribution in [2.45, 2.75) is 20.4 Å². The summed E-state index contributed by atoms with van der Waals surface area (Å²) in [4.78, 5) is 30.2. The van der Waals surface area contributed by atoms with Crippen LogP contribution in [0.5, 0.6) is 11.5 Å². The third-order valence-corrected chi connectivity index (χ3v) is 5.68. The summed E-state index contributed by atoms with van der Waals surface area (Å²) in [7, 11) is 1.59. The molecule has 32 heavy (non-hydrogen) atoms. The predicted octanol–water partition coefficient (Wildman–Crippen LogP) is 3.87. The molecule has 164 valence electrons. The van der Waals surface area contributed by atoms with Crippen molar-refractivity contribution in [1.29, 1.82) is 0 Å². The number of ether oxygens (including phenoxy) is 2. The van der Waals surface area contributed by atoms with E-state index in [1.165, 1.54) is 11.3 Å². The van der Waals surface area contributed by atoms with Crippen molar-refractivity contribution >= 4 is 33.1 Å². The number of para-hydroxylation sites is 2. The first kappa shape index (κ1) is 21.5. The molecular formula is C23H22N4O4S. The first-order chi connectivity index (χ1) is 15.5. The standard InChI is InChI=1S/C23H22N4O4S/c1-4-31-18-11-6-5-10-17(18)25-19(28)13-27-23(29)21-22(32-14(2)24-21)20(26-27)15-8-7-9-16(12-15)30-3/h5-12H,4,13H2,1-3H3,(H,25,28). The number of amides is 1. The molecule has 0 aliphatic rings. The molecule has 0 saturated heterocycles. The van der Waals surface area contributed by atoms with Crippen LogP contribution in [-0.2, 0) is 11.3 Å². The summed E-state index contributed by atoms with van der Waals surface area (Å²) in [5.74, 6) is 0.836. The van der Waals surface area contributed by atoms with E-state index in [4.69, 9.17) is 9.47 Å².